The summed E-state index contributed by atoms with van der Waals surface area (Å²) in [4.78, 5) is 11.8. The lowest BCUT2D eigenvalue weighted by Gasteiger charge is -2.12. The fraction of sp³-hybridized carbons (Fsp3) is 0.206. The van der Waals surface area contributed by atoms with E-state index >= 15 is 0 Å². The van der Waals surface area contributed by atoms with E-state index in [9.17, 15) is 21.4 Å². The van der Waals surface area contributed by atoms with Crippen molar-refractivity contribution in [1.29, 1.82) is 0 Å². The maximum Gasteiger partial charge on any atom is 0.425 e. The molecular formula is C34H36Cl2N10O9S3. The quantitative estimate of drug-likeness (QED) is 0.0613. The summed E-state index contributed by atoms with van der Waals surface area (Å²) in [5.74, 6) is -0.337. The van der Waals surface area contributed by atoms with Gasteiger partial charge in [-0.05, 0) is 124 Å². The average molecular weight is 896 g/mol. The predicted octanol–water partition coefficient (Wildman–Crippen LogP) is 8.52. The van der Waals surface area contributed by atoms with Gasteiger partial charge in [0.25, 0.3) is 20.2 Å². The van der Waals surface area contributed by atoms with Crippen LogP contribution in [0.15, 0.2) is 92.1 Å². The summed E-state index contributed by atoms with van der Waals surface area (Å²) in [6.45, 7) is 9.24. The van der Waals surface area contributed by atoms with Crippen LogP contribution in [0.1, 0.15) is 28.1 Å². The standard InChI is InChI=1S/C19H20ClN7O6S2.C15H16ClN3.O3S/c1-10-7-16(27-26-13-4-5-14(20)17(8-13)35(31,32)33)11(2)6-15(10)24-19-23-12(3)22-18(25-19)21-9-34(28,29)30;1-10-9-15(11(2)8-14(10)17-3)19-18-13-6-4-12(16)5-7-13;1-4(2)3/h4-8H,9H2,1-3H3,(H,28,29,30)(H,31,32,33)(H2,21,22,23,24,25);4-9,17H,1-3H3;. The first kappa shape index (κ1) is 46.9. The van der Waals surface area contributed by atoms with Crippen LogP contribution in [0.5, 0.6) is 0 Å². The minimum absolute atomic E-state index is 0.0374. The van der Waals surface area contributed by atoms with E-state index in [1.807, 2.05) is 39.1 Å². The van der Waals surface area contributed by atoms with E-state index < -0.39 is 41.6 Å². The van der Waals surface area contributed by atoms with Crippen molar-refractivity contribution in [3.63, 3.8) is 0 Å². The van der Waals surface area contributed by atoms with E-state index in [0.717, 1.165) is 39.8 Å². The van der Waals surface area contributed by atoms with Crippen LogP contribution in [-0.2, 0) is 30.8 Å². The highest BCUT2D eigenvalue weighted by Gasteiger charge is 2.15. The molecule has 0 fully saturated rings. The van der Waals surface area contributed by atoms with E-state index in [0.29, 0.717) is 27.8 Å². The summed E-state index contributed by atoms with van der Waals surface area (Å²) in [5, 5.41) is 25.9. The van der Waals surface area contributed by atoms with Crippen molar-refractivity contribution in [1.82, 2.24) is 15.0 Å². The zero-order chi connectivity index (χ0) is 43.4. The first-order valence-corrected chi connectivity index (χ1v) is 21.1. The van der Waals surface area contributed by atoms with Gasteiger partial charge < -0.3 is 16.0 Å². The fourth-order valence-electron chi connectivity index (χ4n) is 4.60. The second-order valence-corrected chi connectivity index (χ2v) is 16.0. The lowest BCUT2D eigenvalue weighted by molar-refractivity contribution is 0.481. The molecule has 19 nitrogen and oxygen atoms in total. The van der Waals surface area contributed by atoms with E-state index in [1.165, 1.54) is 12.1 Å². The molecule has 58 heavy (non-hydrogen) atoms. The number of rotatable bonds is 11. The van der Waals surface area contributed by atoms with Gasteiger partial charge in [-0.2, -0.15) is 52.2 Å². The van der Waals surface area contributed by atoms with Gasteiger partial charge in [0, 0.05) is 23.4 Å². The summed E-state index contributed by atoms with van der Waals surface area (Å²) in [7, 11) is -9.97. The Labute approximate surface area is 345 Å². The molecule has 0 aliphatic heterocycles. The van der Waals surface area contributed by atoms with Gasteiger partial charge >= 0.3 is 10.6 Å². The van der Waals surface area contributed by atoms with E-state index in [2.05, 4.69) is 57.4 Å². The molecule has 0 aliphatic rings. The third kappa shape index (κ3) is 15.5. The highest BCUT2D eigenvalue weighted by molar-refractivity contribution is 7.86. The van der Waals surface area contributed by atoms with Gasteiger partial charge in [-0.1, -0.05) is 23.2 Å². The molecule has 0 saturated carbocycles. The minimum Gasteiger partial charge on any atom is -0.388 e. The Bertz CT molecular complexity index is 2680. The Morgan fingerprint density at radius 1 is 0.655 bits per heavy atom. The molecule has 5 rings (SSSR count). The Balaban J connectivity index is 0.000000327. The number of nitrogens with zero attached hydrogens (tertiary/aromatic N) is 7. The van der Waals surface area contributed by atoms with Gasteiger partial charge in [0.15, 0.2) is 0 Å². The second-order valence-electron chi connectivity index (χ2n) is 11.9. The van der Waals surface area contributed by atoms with Crippen molar-refractivity contribution in [2.75, 3.05) is 28.9 Å². The number of hydrogen-bond acceptors (Lipinski definition) is 17. The van der Waals surface area contributed by atoms with Crippen LogP contribution < -0.4 is 16.0 Å². The molecule has 1 aromatic heterocycles. The minimum atomic E-state index is -4.51. The lowest BCUT2D eigenvalue weighted by atomic mass is 10.1. The lowest BCUT2D eigenvalue weighted by Crippen LogP contribution is -2.16. The van der Waals surface area contributed by atoms with Crippen LogP contribution in [0.2, 0.25) is 10.0 Å². The van der Waals surface area contributed by atoms with Crippen LogP contribution in [-0.4, -0.2) is 66.4 Å². The maximum absolute atomic E-state index is 11.4. The third-order valence-electron chi connectivity index (χ3n) is 7.33. The average Bonchev–Trinajstić information content (AvgIpc) is 3.12. The first-order chi connectivity index (χ1) is 27.0. The fourth-order valence-corrected chi connectivity index (χ4v) is 6.03. The molecule has 0 bridgehead atoms. The number of nitrogens with one attached hydrogen (secondary N) is 3. The molecule has 0 radical (unpaired) electrons. The molecule has 4 aromatic carbocycles. The number of anilines is 4. The van der Waals surface area contributed by atoms with Crippen molar-refractivity contribution in [3.8, 4) is 0 Å². The highest BCUT2D eigenvalue weighted by atomic mass is 35.5. The van der Waals surface area contributed by atoms with Gasteiger partial charge in [0.2, 0.25) is 11.9 Å². The predicted molar refractivity (Wildman–Crippen MR) is 220 cm³/mol. The molecular weight excluding hydrogens is 860 g/mol. The molecule has 0 unspecified atom stereocenters. The summed E-state index contributed by atoms with van der Waals surface area (Å²) in [6.07, 6.45) is 0. The molecule has 0 spiro atoms. The first-order valence-electron chi connectivity index (χ1n) is 16.3. The molecule has 5 aromatic rings. The van der Waals surface area contributed by atoms with Crippen molar-refractivity contribution >= 4 is 100 Å². The molecule has 0 aliphatic carbocycles. The second kappa shape index (κ2) is 20.8. The molecule has 5 N–H and O–H groups in total. The normalized spacial score (nSPS) is 11.3. The number of aromatic nitrogens is 3. The number of benzene rings is 4. The van der Waals surface area contributed by atoms with Gasteiger partial charge in [-0.3, -0.25) is 9.11 Å². The van der Waals surface area contributed by atoms with Crippen LogP contribution in [0.3, 0.4) is 0 Å². The van der Waals surface area contributed by atoms with Crippen molar-refractivity contribution in [2.24, 2.45) is 20.5 Å². The zero-order valence-electron chi connectivity index (χ0n) is 31.4. The van der Waals surface area contributed by atoms with Crippen LogP contribution in [0.25, 0.3) is 0 Å². The SMILES string of the molecule is CNc1cc(C)c(N=Nc2ccc(Cl)cc2)cc1C.Cc1nc(NCS(=O)(=O)O)nc(Nc2cc(C)c(N=Nc3ccc(Cl)c(S(=O)(=O)O)c3)cc2C)n1.O=S(=O)=O. The van der Waals surface area contributed by atoms with Crippen LogP contribution in [0.4, 0.5) is 46.0 Å². The Morgan fingerprint density at radius 2 is 1.16 bits per heavy atom. The van der Waals surface area contributed by atoms with Gasteiger partial charge in [0.1, 0.15) is 16.6 Å². The van der Waals surface area contributed by atoms with Crippen LogP contribution >= 0.6 is 23.2 Å². The molecule has 0 amide bonds. The van der Waals surface area contributed by atoms with Gasteiger partial charge in [0.05, 0.1) is 27.8 Å². The summed E-state index contributed by atoms with van der Waals surface area (Å²) >= 11 is 11.6. The van der Waals surface area contributed by atoms with E-state index in [4.69, 9.17) is 40.4 Å². The Kier molecular flexibility index (Phi) is 16.8. The molecule has 24 heteroatoms. The summed E-state index contributed by atoms with van der Waals surface area (Å²) in [6, 6.07) is 18.7. The van der Waals surface area contributed by atoms with E-state index in [-0.39, 0.29) is 22.6 Å². The Hall–Kier alpha value is -5.49. The molecule has 0 saturated heterocycles. The highest BCUT2D eigenvalue weighted by Crippen LogP contribution is 2.32. The zero-order valence-corrected chi connectivity index (χ0v) is 35.4. The van der Waals surface area contributed by atoms with Gasteiger partial charge in [-0.15, -0.1) is 12.6 Å². The van der Waals surface area contributed by atoms with Crippen LogP contribution in [0, 0.1) is 34.6 Å². The summed E-state index contributed by atoms with van der Waals surface area (Å²) in [5.41, 5.74) is 7.78. The largest absolute Gasteiger partial charge is 0.425 e. The number of azo groups is 2. The van der Waals surface area contributed by atoms with Gasteiger partial charge in [-0.25, -0.2) is 0 Å². The number of halogens is 2. The smallest absolute Gasteiger partial charge is 0.388 e. The topological polar surface area (TPSA) is 284 Å². The number of aryl methyl sites for hydroxylation is 5. The number of hydrogen-bond donors (Lipinski definition) is 5. The van der Waals surface area contributed by atoms with Crippen molar-refractivity contribution in [3.05, 3.63) is 105 Å². The molecule has 1 heterocycles. The van der Waals surface area contributed by atoms with E-state index in [1.54, 1.807) is 45.0 Å². The molecule has 308 valence electrons. The third-order valence-corrected chi connectivity index (χ3v) is 9.42. The Morgan fingerprint density at radius 3 is 1.69 bits per heavy atom. The maximum atomic E-state index is 11.4. The van der Waals surface area contributed by atoms with Crippen molar-refractivity contribution < 1.29 is 38.6 Å². The molecule has 0 atom stereocenters. The van der Waals surface area contributed by atoms with Crippen molar-refractivity contribution in [2.45, 2.75) is 39.5 Å². The summed E-state index contributed by atoms with van der Waals surface area (Å²) < 4.78 is 88.2. The monoisotopic (exact) mass is 894 g/mol.